The molecule has 3 rings (SSSR count). The first kappa shape index (κ1) is 20.0. The van der Waals surface area contributed by atoms with Crippen molar-refractivity contribution in [2.45, 2.75) is 45.4 Å². The minimum absolute atomic E-state index is 0.0635. The van der Waals surface area contributed by atoms with Crippen LogP contribution < -0.4 is 10.6 Å². The average molecular weight is 391 g/mol. The summed E-state index contributed by atoms with van der Waals surface area (Å²) in [7, 11) is 0. The van der Waals surface area contributed by atoms with Crippen LogP contribution in [-0.4, -0.2) is 49.5 Å². The summed E-state index contributed by atoms with van der Waals surface area (Å²) in [6, 6.07) is 8.03. The average Bonchev–Trinajstić information content (AvgIpc) is 2.98. The molecule has 27 heavy (non-hydrogen) atoms. The minimum Gasteiger partial charge on any atom is -0.357 e. The van der Waals surface area contributed by atoms with E-state index in [1.165, 1.54) is 5.56 Å². The summed E-state index contributed by atoms with van der Waals surface area (Å²) < 4.78 is 0. The molecule has 2 heterocycles. The zero-order valence-corrected chi connectivity index (χ0v) is 17.4. The van der Waals surface area contributed by atoms with Crippen molar-refractivity contribution in [3.05, 3.63) is 34.9 Å². The molecule has 0 aliphatic carbocycles. The number of halogens is 1. The van der Waals surface area contributed by atoms with Crippen LogP contribution in [0.4, 0.5) is 0 Å². The van der Waals surface area contributed by atoms with Gasteiger partial charge in [0.15, 0.2) is 5.96 Å². The summed E-state index contributed by atoms with van der Waals surface area (Å²) in [6.07, 6.45) is 2.84. The van der Waals surface area contributed by atoms with Gasteiger partial charge in [-0.1, -0.05) is 37.6 Å². The number of hydrogen-bond donors (Lipinski definition) is 2. The van der Waals surface area contributed by atoms with Crippen LogP contribution in [0.5, 0.6) is 0 Å². The second-order valence-corrected chi connectivity index (χ2v) is 8.98. The third-order valence-corrected chi connectivity index (χ3v) is 5.96. The predicted octanol–water partition coefficient (Wildman–Crippen LogP) is 3.19. The van der Waals surface area contributed by atoms with Crippen LogP contribution >= 0.6 is 11.6 Å². The molecule has 2 N–H and O–H groups in total. The summed E-state index contributed by atoms with van der Waals surface area (Å²) in [5.74, 6) is 1.13. The van der Waals surface area contributed by atoms with E-state index in [0.29, 0.717) is 13.0 Å². The first-order chi connectivity index (χ1) is 12.8. The van der Waals surface area contributed by atoms with Gasteiger partial charge in [-0.25, -0.2) is 0 Å². The van der Waals surface area contributed by atoms with Crippen molar-refractivity contribution in [1.82, 2.24) is 15.5 Å². The monoisotopic (exact) mass is 390 g/mol. The van der Waals surface area contributed by atoms with Crippen LogP contribution in [0, 0.1) is 5.41 Å². The molecule has 1 unspecified atom stereocenters. The fraction of sp³-hybridized carbons (Fsp3) is 0.619. The maximum atomic E-state index is 11.8. The molecule has 0 radical (unpaired) electrons. The Morgan fingerprint density at radius 1 is 1.44 bits per heavy atom. The summed E-state index contributed by atoms with van der Waals surface area (Å²) in [5, 5.41) is 7.22. The third kappa shape index (κ3) is 4.75. The van der Waals surface area contributed by atoms with E-state index in [2.05, 4.69) is 42.4 Å². The van der Waals surface area contributed by atoms with Crippen LogP contribution in [0.25, 0.3) is 0 Å². The highest BCUT2D eigenvalue weighted by molar-refractivity contribution is 6.30. The van der Waals surface area contributed by atoms with E-state index in [1.807, 2.05) is 18.2 Å². The summed E-state index contributed by atoms with van der Waals surface area (Å²) >= 11 is 6.18. The van der Waals surface area contributed by atoms with E-state index >= 15 is 0 Å². The second kappa shape index (κ2) is 8.09. The molecule has 148 valence electrons. The van der Waals surface area contributed by atoms with Gasteiger partial charge in [0.25, 0.3) is 0 Å². The number of carbonyl (C=O) groups is 1. The molecule has 0 aromatic heterocycles. The SMILES string of the molecule is CCNC(=NCC(C)(C)c1cccc(Cl)c1)N1CCCC2(CNC(=O)C2)C1. The van der Waals surface area contributed by atoms with E-state index < -0.39 is 0 Å². The number of benzene rings is 1. The summed E-state index contributed by atoms with van der Waals surface area (Å²) in [6.45, 7) is 10.7. The zero-order valence-electron chi connectivity index (χ0n) is 16.6. The maximum absolute atomic E-state index is 11.8. The number of aliphatic imine (C=N–C) groups is 1. The quantitative estimate of drug-likeness (QED) is 0.613. The standard InChI is InChI=1S/C21H31ClN4O/c1-4-23-19(25-13-20(2,3)16-7-5-8-17(22)11-16)26-10-6-9-21(15-26)12-18(27)24-14-21/h5,7-8,11H,4,6,9-10,12-15H2,1-3H3,(H,23,25)(H,24,27). The van der Waals surface area contributed by atoms with Gasteiger partial charge in [0, 0.05) is 48.5 Å². The Morgan fingerprint density at radius 3 is 2.93 bits per heavy atom. The fourth-order valence-corrected chi connectivity index (χ4v) is 4.32. The topological polar surface area (TPSA) is 56.7 Å². The number of likely N-dealkylation sites (tertiary alicyclic amines) is 1. The molecule has 1 aromatic carbocycles. The van der Waals surface area contributed by atoms with Gasteiger partial charge in [0.1, 0.15) is 0 Å². The van der Waals surface area contributed by atoms with E-state index in [4.69, 9.17) is 16.6 Å². The summed E-state index contributed by atoms with van der Waals surface area (Å²) in [5.41, 5.74) is 1.15. The number of hydrogen-bond acceptors (Lipinski definition) is 2. The van der Waals surface area contributed by atoms with Crippen LogP contribution in [0.1, 0.15) is 45.6 Å². The Kier molecular flexibility index (Phi) is 5.99. The summed E-state index contributed by atoms with van der Waals surface area (Å²) in [4.78, 5) is 19.1. The van der Waals surface area contributed by atoms with Gasteiger partial charge in [-0.3, -0.25) is 9.79 Å². The Balaban J connectivity index is 1.75. The fourth-order valence-electron chi connectivity index (χ4n) is 4.13. The number of amides is 1. The second-order valence-electron chi connectivity index (χ2n) is 8.54. The van der Waals surface area contributed by atoms with Crippen LogP contribution in [0.2, 0.25) is 5.02 Å². The van der Waals surface area contributed by atoms with Crippen LogP contribution in [-0.2, 0) is 10.2 Å². The van der Waals surface area contributed by atoms with Crippen molar-refractivity contribution in [1.29, 1.82) is 0 Å². The molecule has 1 amide bonds. The van der Waals surface area contributed by atoms with Gasteiger partial charge in [0.05, 0.1) is 6.54 Å². The van der Waals surface area contributed by atoms with Gasteiger partial charge >= 0.3 is 0 Å². The molecular weight excluding hydrogens is 360 g/mol. The third-order valence-electron chi connectivity index (χ3n) is 5.72. The van der Waals surface area contributed by atoms with Crippen molar-refractivity contribution >= 4 is 23.5 Å². The molecule has 1 atom stereocenters. The Morgan fingerprint density at radius 2 is 2.26 bits per heavy atom. The lowest BCUT2D eigenvalue weighted by molar-refractivity contribution is -0.119. The highest BCUT2D eigenvalue weighted by Crippen LogP contribution is 2.36. The largest absolute Gasteiger partial charge is 0.357 e. The van der Waals surface area contributed by atoms with Gasteiger partial charge in [-0.15, -0.1) is 0 Å². The molecule has 5 nitrogen and oxygen atoms in total. The van der Waals surface area contributed by atoms with Crippen LogP contribution in [0.15, 0.2) is 29.3 Å². The van der Waals surface area contributed by atoms with Crippen LogP contribution in [0.3, 0.4) is 0 Å². The lowest BCUT2D eigenvalue weighted by Crippen LogP contribution is -2.51. The molecule has 0 bridgehead atoms. The number of carbonyl (C=O) groups excluding carboxylic acids is 1. The van der Waals surface area contributed by atoms with Crippen molar-refractivity contribution in [2.75, 3.05) is 32.7 Å². The Hall–Kier alpha value is -1.75. The van der Waals surface area contributed by atoms with Crippen molar-refractivity contribution in [3.8, 4) is 0 Å². The number of nitrogens with one attached hydrogen (secondary N) is 2. The molecule has 6 heteroatoms. The zero-order chi connectivity index (χ0) is 19.5. The Labute approximate surface area is 167 Å². The molecule has 2 aliphatic rings. The molecular formula is C21H31ClN4O. The van der Waals surface area contributed by atoms with E-state index in [1.54, 1.807) is 0 Å². The number of nitrogens with zero attached hydrogens (tertiary/aromatic N) is 2. The molecule has 2 fully saturated rings. The predicted molar refractivity (Wildman–Crippen MR) is 111 cm³/mol. The Bertz CT molecular complexity index is 718. The number of guanidine groups is 1. The lowest BCUT2D eigenvalue weighted by atomic mass is 9.79. The number of rotatable bonds is 4. The normalized spacial score (nSPS) is 23.6. The highest BCUT2D eigenvalue weighted by atomic mass is 35.5. The minimum atomic E-state index is -0.107. The number of piperidine rings is 1. The van der Waals surface area contributed by atoms with Gasteiger partial charge in [0.2, 0.25) is 5.91 Å². The van der Waals surface area contributed by atoms with Gasteiger partial charge < -0.3 is 15.5 Å². The smallest absolute Gasteiger partial charge is 0.220 e. The van der Waals surface area contributed by atoms with Crippen molar-refractivity contribution in [2.24, 2.45) is 10.4 Å². The molecule has 0 saturated carbocycles. The molecule has 1 spiro atoms. The van der Waals surface area contributed by atoms with Crippen molar-refractivity contribution in [3.63, 3.8) is 0 Å². The van der Waals surface area contributed by atoms with Gasteiger partial charge in [-0.05, 0) is 37.5 Å². The molecule has 1 aromatic rings. The molecule has 2 aliphatic heterocycles. The van der Waals surface area contributed by atoms with Gasteiger partial charge in [-0.2, -0.15) is 0 Å². The first-order valence-electron chi connectivity index (χ1n) is 9.90. The maximum Gasteiger partial charge on any atom is 0.220 e. The van der Waals surface area contributed by atoms with E-state index in [0.717, 1.165) is 50.0 Å². The van der Waals surface area contributed by atoms with Crippen molar-refractivity contribution < 1.29 is 4.79 Å². The van der Waals surface area contributed by atoms with E-state index in [-0.39, 0.29) is 16.7 Å². The lowest BCUT2D eigenvalue weighted by Gasteiger charge is -2.41. The first-order valence-corrected chi connectivity index (χ1v) is 10.3. The highest BCUT2D eigenvalue weighted by Gasteiger charge is 2.42. The molecule has 2 saturated heterocycles. The van der Waals surface area contributed by atoms with E-state index in [9.17, 15) is 4.79 Å².